The van der Waals surface area contributed by atoms with Gasteiger partial charge in [-0.1, -0.05) is 6.07 Å². The Morgan fingerprint density at radius 3 is 2.26 bits per heavy atom. The number of anilines is 1. The van der Waals surface area contributed by atoms with E-state index in [1.54, 1.807) is 12.1 Å². The van der Waals surface area contributed by atoms with Gasteiger partial charge < -0.3 is 9.47 Å². The van der Waals surface area contributed by atoms with Gasteiger partial charge in [-0.2, -0.15) is 8.42 Å². The van der Waals surface area contributed by atoms with E-state index in [2.05, 4.69) is 0 Å². The molecule has 0 saturated carbocycles. The van der Waals surface area contributed by atoms with Gasteiger partial charge in [0, 0.05) is 35.7 Å². The lowest BCUT2D eigenvalue weighted by atomic mass is 10.2. The van der Waals surface area contributed by atoms with E-state index in [4.69, 9.17) is 0 Å². The van der Waals surface area contributed by atoms with Gasteiger partial charge in [-0.3, -0.25) is 4.79 Å². The van der Waals surface area contributed by atoms with Crippen LogP contribution in [0, 0.1) is 13.8 Å². The van der Waals surface area contributed by atoms with Crippen LogP contribution < -0.4 is 4.90 Å². The minimum absolute atomic E-state index is 0.148. The number of aryl methyl sites for hydroxylation is 2. The molecule has 1 unspecified atom stereocenters. The fraction of sp³-hybridized carbons (Fsp3) is 0.312. The molecule has 122 valence electrons. The average molecular weight is 336 g/mol. The van der Waals surface area contributed by atoms with E-state index < -0.39 is 15.5 Å². The first-order valence-corrected chi connectivity index (χ1v) is 8.71. The third kappa shape index (κ3) is 2.88. The van der Waals surface area contributed by atoms with Gasteiger partial charge in [0.25, 0.3) is 0 Å². The van der Waals surface area contributed by atoms with Crippen LogP contribution in [0.1, 0.15) is 17.8 Å². The lowest BCUT2D eigenvalue weighted by molar-refractivity contribution is -0.117. The maximum absolute atomic E-state index is 13.2. The van der Waals surface area contributed by atoms with Crippen molar-refractivity contribution in [2.24, 2.45) is 0 Å². The van der Waals surface area contributed by atoms with Crippen LogP contribution in [0.15, 0.2) is 36.4 Å². The SMILES string of the molecule is Cc1ccc(C)n1-c1cccc(N2CC(S(=O)(=O)F)CC2=O)c1. The van der Waals surface area contributed by atoms with E-state index >= 15 is 0 Å². The average Bonchev–Trinajstić information content (AvgIpc) is 3.02. The number of nitrogens with zero attached hydrogens (tertiary/aromatic N) is 2. The Kier molecular flexibility index (Phi) is 3.75. The van der Waals surface area contributed by atoms with E-state index in [-0.39, 0.29) is 18.9 Å². The summed E-state index contributed by atoms with van der Waals surface area (Å²) in [6.07, 6.45) is -0.315. The molecular formula is C16H17FN2O3S. The molecular weight excluding hydrogens is 319 g/mol. The van der Waals surface area contributed by atoms with Gasteiger partial charge in [0.15, 0.2) is 0 Å². The first kappa shape index (κ1) is 15.7. The molecule has 2 heterocycles. The lowest BCUT2D eigenvalue weighted by Gasteiger charge is -2.18. The van der Waals surface area contributed by atoms with Gasteiger partial charge >= 0.3 is 10.2 Å². The van der Waals surface area contributed by atoms with Crippen molar-refractivity contribution in [2.45, 2.75) is 25.5 Å². The molecule has 3 rings (SSSR count). The normalized spacial score (nSPS) is 18.7. The molecule has 0 radical (unpaired) electrons. The van der Waals surface area contributed by atoms with E-state index in [0.717, 1.165) is 17.1 Å². The van der Waals surface area contributed by atoms with Crippen LogP contribution in [0.3, 0.4) is 0 Å². The second-order valence-electron chi connectivity index (χ2n) is 5.78. The maximum atomic E-state index is 13.2. The summed E-state index contributed by atoms with van der Waals surface area (Å²) < 4.78 is 37.3. The zero-order valence-corrected chi connectivity index (χ0v) is 13.7. The molecule has 1 aliphatic rings. The molecule has 7 heteroatoms. The van der Waals surface area contributed by atoms with Crippen LogP contribution >= 0.6 is 0 Å². The maximum Gasteiger partial charge on any atom is 0.307 e. The molecule has 1 aromatic carbocycles. The summed E-state index contributed by atoms with van der Waals surface area (Å²) in [7, 11) is -4.71. The number of hydrogen-bond donors (Lipinski definition) is 0. The second-order valence-corrected chi connectivity index (χ2v) is 7.40. The fourth-order valence-corrected chi connectivity index (χ4v) is 3.66. The van der Waals surface area contributed by atoms with Crippen molar-refractivity contribution >= 4 is 21.8 Å². The zero-order chi connectivity index (χ0) is 16.8. The van der Waals surface area contributed by atoms with Gasteiger partial charge in [0.2, 0.25) is 5.91 Å². The highest BCUT2D eigenvalue weighted by atomic mass is 32.3. The van der Waals surface area contributed by atoms with E-state index in [9.17, 15) is 17.1 Å². The molecule has 0 bridgehead atoms. The van der Waals surface area contributed by atoms with Gasteiger partial charge in [0.05, 0.1) is 0 Å². The summed E-state index contributed by atoms with van der Waals surface area (Å²) in [5.41, 5.74) is 3.56. The van der Waals surface area contributed by atoms with E-state index in [1.165, 1.54) is 4.90 Å². The Morgan fingerprint density at radius 1 is 1.09 bits per heavy atom. The van der Waals surface area contributed by atoms with Crippen LogP contribution in [-0.2, 0) is 15.0 Å². The van der Waals surface area contributed by atoms with E-state index in [1.807, 2.05) is 42.7 Å². The zero-order valence-electron chi connectivity index (χ0n) is 12.9. The molecule has 1 atom stereocenters. The molecule has 1 amide bonds. The molecule has 0 spiro atoms. The number of carbonyl (C=O) groups is 1. The monoisotopic (exact) mass is 336 g/mol. The van der Waals surface area contributed by atoms with E-state index in [0.29, 0.717) is 5.69 Å². The summed E-state index contributed by atoms with van der Waals surface area (Å²) >= 11 is 0. The molecule has 1 saturated heterocycles. The van der Waals surface area contributed by atoms with Crippen molar-refractivity contribution in [3.63, 3.8) is 0 Å². The highest BCUT2D eigenvalue weighted by molar-refractivity contribution is 7.87. The van der Waals surface area contributed by atoms with Crippen molar-refractivity contribution in [3.05, 3.63) is 47.8 Å². The summed E-state index contributed by atoms with van der Waals surface area (Å²) in [6.45, 7) is 3.81. The molecule has 5 nitrogen and oxygen atoms in total. The molecule has 23 heavy (non-hydrogen) atoms. The van der Waals surface area contributed by atoms with Crippen LogP contribution in [0.25, 0.3) is 5.69 Å². The topological polar surface area (TPSA) is 59.4 Å². The van der Waals surface area contributed by atoms with Crippen molar-refractivity contribution in [1.82, 2.24) is 4.57 Å². The van der Waals surface area contributed by atoms with Crippen molar-refractivity contribution in [3.8, 4) is 5.69 Å². The molecule has 1 aliphatic heterocycles. The number of benzene rings is 1. The Morgan fingerprint density at radius 2 is 1.70 bits per heavy atom. The van der Waals surface area contributed by atoms with Crippen LogP contribution in [0.5, 0.6) is 0 Å². The third-order valence-corrected chi connectivity index (χ3v) is 5.27. The molecule has 0 N–H and O–H groups in total. The number of halogens is 1. The van der Waals surface area contributed by atoms with Crippen molar-refractivity contribution < 1.29 is 17.1 Å². The number of rotatable bonds is 3. The van der Waals surface area contributed by atoms with Crippen LogP contribution in [-0.4, -0.2) is 30.7 Å². The van der Waals surface area contributed by atoms with Crippen LogP contribution in [0.4, 0.5) is 9.57 Å². The van der Waals surface area contributed by atoms with Gasteiger partial charge in [-0.25, -0.2) is 0 Å². The third-order valence-electron chi connectivity index (χ3n) is 4.16. The summed E-state index contributed by atoms with van der Waals surface area (Å²) in [6, 6.07) is 11.2. The Bertz CT molecular complexity index is 854. The largest absolute Gasteiger partial charge is 0.318 e. The summed E-state index contributed by atoms with van der Waals surface area (Å²) in [5.74, 6) is -0.380. The Hall–Kier alpha value is -2.15. The number of aromatic nitrogens is 1. The number of carbonyl (C=O) groups excluding carboxylic acids is 1. The molecule has 0 aliphatic carbocycles. The first-order valence-electron chi connectivity index (χ1n) is 7.26. The van der Waals surface area contributed by atoms with Gasteiger partial charge in [0.1, 0.15) is 5.25 Å². The lowest BCUT2D eigenvalue weighted by Crippen LogP contribution is -2.27. The minimum Gasteiger partial charge on any atom is -0.318 e. The number of amides is 1. The predicted octanol–water partition coefficient (Wildman–Crippen LogP) is 2.50. The minimum atomic E-state index is -4.71. The highest BCUT2D eigenvalue weighted by Crippen LogP contribution is 2.28. The fourth-order valence-electron chi connectivity index (χ4n) is 2.99. The summed E-state index contributed by atoms with van der Waals surface area (Å²) in [5, 5.41) is -1.28. The molecule has 1 fully saturated rings. The molecule has 1 aromatic heterocycles. The van der Waals surface area contributed by atoms with Gasteiger partial charge in [-0.15, -0.1) is 3.89 Å². The standard InChI is InChI=1S/C16H17FN2O3S/c1-11-6-7-12(2)19(11)14-5-3-4-13(8-14)18-10-15(9-16(18)20)23(17,21)22/h3-8,15H,9-10H2,1-2H3. The second kappa shape index (κ2) is 5.49. The first-order chi connectivity index (χ1) is 10.8. The van der Waals surface area contributed by atoms with Crippen molar-refractivity contribution in [1.29, 1.82) is 0 Å². The Labute approximate surface area is 134 Å². The smallest absolute Gasteiger partial charge is 0.307 e. The predicted molar refractivity (Wildman–Crippen MR) is 86.0 cm³/mol. The summed E-state index contributed by atoms with van der Waals surface area (Å²) in [4.78, 5) is 13.4. The molecule has 2 aromatic rings. The quantitative estimate of drug-likeness (QED) is 0.809. The Balaban J connectivity index is 1.97. The van der Waals surface area contributed by atoms with Crippen LogP contribution in [0.2, 0.25) is 0 Å². The highest BCUT2D eigenvalue weighted by Gasteiger charge is 2.39. The number of hydrogen-bond acceptors (Lipinski definition) is 3. The van der Waals surface area contributed by atoms with Gasteiger partial charge in [-0.05, 0) is 44.2 Å². The van der Waals surface area contributed by atoms with Crippen molar-refractivity contribution in [2.75, 3.05) is 11.4 Å².